The maximum absolute atomic E-state index is 12.7. The van der Waals surface area contributed by atoms with Gasteiger partial charge in [0.15, 0.2) is 0 Å². The van der Waals surface area contributed by atoms with Crippen LogP contribution in [-0.4, -0.2) is 22.8 Å². The summed E-state index contributed by atoms with van der Waals surface area (Å²) in [7, 11) is 0. The summed E-state index contributed by atoms with van der Waals surface area (Å²) in [5, 5.41) is 20.7. The number of phenolic OH excluding ortho intramolecular Hbond substituents is 2. The molecule has 0 spiro atoms. The molecule has 0 fully saturated rings. The molecule has 0 saturated carbocycles. The number of phenols is 2. The van der Waals surface area contributed by atoms with Crippen LogP contribution in [0.3, 0.4) is 0 Å². The zero-order chi connectivity index (χ0) is 28.8. The number of esters is 1. The van der Waals surface area contributed by atoms with Gasteiger partial charge < -0.3 is 14.9 Å². The van der Waals surface area contributed by atoms with Gasteiger partial charge in [-0.05, 0) is 73.9 Å². The summed E-state index contributed by atoms with van der Waals surface area (Å²) in [6.07, 6.45) is 16.3. The molecule has 0 atom stereocenters. The van der Waals surface area contributed by atoms with Gasteiger partial charge >= 0.3 is 5.97 Å². The minimum Gasteiger partial charge on any atom is -0.507 e. The molecule has 0 bridgehead atoms. The molecule has 218 valence electrons. The van der Waals surface area contributed by atoms with Gasteiger partial charge in [0.25, 0.3) is 0 Å². The Kier molecular flexibility index (Phi) is 13.9. The molecule has 0 aliphatic carbocycles. The zero-order valence-electron chi connectivity index (χ0n) is 25.6. The molecule has 0 radical (unpaired) electrons. The summed E-state index contributed by atoms with van der Waals surface area (Å²) < 4.78 is 5.62. The van der Waals surface area contributed by atoms with Gasteiger partial charge in [0.2, 0.25) is 0 Å². The highest BCUT2D eigenvalue weighted by Crippen LogP contribution is 2.41. The number of unbranched alkanes of at least 4 members (excludes halogenated alkanes) is 11. The lowest BCUT2D eigenvalue weighted by atomic mass is 9.71. The normalized spacial score (nSPS) is 11.6. The minimum absolute atomic E-state index is 0.163. The zero-order valence-corrected chi connectivity index (χ0v) is 25.6. The Balaban J connectivity index is 1.85. The van der Waals surface area contributed by atoms with Crippen molar-refractivity contribution in [1.29, 1.82) is 0 Å². The maximum atomic E-state index is 12.7. The van der Waals surface area contributed by atoms with Crippen molar-refractivity contribution < 1.29 is 19.7 Å². The van der Waals surface area contributed by atoms with E-state index in [4.69, 9.17) is 4.74 Å². The van der Waals surface area contributed by atoms with Crippen molar-refractivity contribution in [3.63, 3.8) is 0 Å². The number of hydrogen-bond acceptors (Lipinski definition) is 4. The molecule has 2 aromatic rings. The van der Waals surface area contributed by atoms with Crippen LogP contribution >= 0.6 is 0 Å². The molecule has 4 heteroatoms. The van der Waals surface area contributed by atoms with Crippen molar-refractivity contribution >= 4 is 5.97 Å². The van der Waals surface area contributed by atoms with E-state index in [2.05, 4.69) is 13.8 Å². The van der Waals surface area contributed by atoms with Crippen LogP contribution in [0.25, 0.3) is 0 Å². The average molecular weight is 539 g/mol. The van der Waals surface area contributed by atoms with E-state index >= 15 is 0 Å². The Hall–Kier alpha value is -2.49. The molecule has 2 aromatic carbocycles. The third-order valence-corrected chi connectivity index (χ3v) is 8.35. The quantitative estimate of drug-likeness (QED) is 0.146. The van der Waals surface area contributed by atoms with Crippen molar-refractivity contribution in [2.24, 2.45) is 0 Å². The highest BCUT2D eigenvalue weighted by Gasteiger charge is 2.32. The lowest BCUT2D eigenvalue weighted by Gasteiger charge is -2.32. The Morgan fingerprint density at radius 3 is 1.41 bits per heavy atom. The maximum Gasteiger partial charge on any atom is 0.305 e. The van der Waals surface area contributed by atoms with Crippen LogP contribution < -0.4 is 0 Å². The Labute approximate surface area is 238 Å². The molecule has 39 heavy (non-hydrogen) atoms. The first kappa shape index (κ1) is 32.7. The predicted octanol–water partition coefficient (Wildman–Crippen LogP) is 9.66. The molecule has 0 aliphatic heterocycles. The fourth-order valence-electron chi connectivity index (χ4n) is 5.56. The second-order valence-electron chi connectivity index (χ2n) is 11.9. The van der Waals surface area contributed by atoms with E-state index in [0.717, 1.165) is 46.2 Å². The molecule has 4 nitrogen and oxygen atoms in total. The Morgan fingerprint density at radius 1 is 0.667 bits per heavy atom. The van der Waals surface area contributed by atoms with Crippen LogP contribution in [-0.2, 0) is 14.9 Å². The SMILES string of the molecule is CCCCCCCCCCCCCCOC(=O)CCC(C)(c1cc(C)c(O)c(C)c1)c1cc(C)c(O)c(C)c1. The van der Waals surface area contributed by atoms with Crippen molar-refractivity contribution in [3.05, 3.63) is 57.6 Å². The van der Waals surface area contributed by atoms with Crippen LogP contribution in [0, 0.1) is 27.7 Å². The van der Waals surface area contributed by atoms with Crippen molar-refractivity contribution in [2.75, 3.05) is 6.61 Å². The second-order valence-corrected chi connectivity index (χ2v) is 11.9. The lowest BCUT2D eigenvalue weighted by molar-refractivity contribution is -0.144. The van der Waals surface area contributed by atoms with Crippen molar-refractivity contribution in [2.45, 2.75) is 137 Å². The van der Waals surface area contributed by atoms with Gasteiger partial charge in [-0.2, -0.15) is 0 Å². The molecule has 0 saturated heterocycles. The number of carbonyl (C=O) groups excluding carboxylic acids is 1. The van der Waals surface area contributed by atoms with E-state index in [9.17, 15) is 15.0 Å². The minimum atomic E-state index is -0.471. The Bertz CT molecular complexity index is 935. The topological polar surface area (TPSA) is 66.8 Å². The second kappa shape index (κ2) is 16.6. The highest BCUT2D eigenvalue weighted by molar-refractivity contribution is 5.70. The molecule has 0 aliphatic rings. The van der Waals surface area contributed by atoms with Gasteiger partial charge in [-0.15, -0.1) is 0 Å². The summed E-state index contributed by atoms with van der Waals surface area (Å²) in [5.41, 5.74) is 4.90. The fourth-order valence-corrected chi connectivity index (χ4v) is 5.56. The first-order valence-electron chi connectivity index (χ1n) is 15.4. The van der Waals surface area contributed by atoms with Gasteiger partial charge in [-0.1, -0.05) is 109 Å². The number of aromatic hydroxyl groups is 2. The van der Waals surface area contributed by atoms with Crippen LogP contribution in [0.5, 0.6) is 11.5 Å². The largest absolute Gasteiger partial charge is 0.507 e. The molecular formula is C35H54O4. The molecule has 2 rings (SSSR count). The van der Waals surface area contributed by atoms with E-state index in [-0.39, 0.29) is 5.97 Å². The number of hydrogen-bond donors (Lipinski definition) is 2. The monoisotopic (exact) mass is 538 g/mol. The Morgan fingerprint density at radius 2 is 1.03 bits per heavy atom. The molecule has 0 heterocycles. The van der Waals surface area contributed by atoms with Crippen LogP contribution in [0.15, 0.2) is 24.3 Å². The van der Waals surface area contributed by atoms with E-state index in [1.54, 1.807) is 0 Å². The first-order chi connectivity index (χ1) is 18.6. The van der Waals surface area contributed by atoms with Gasteiger partial charge in [0.05, 0.1) is 6.61 Å². The number of ether oxygens (including phenoxy) is 1. The molecule has 0 unspecified atom stereocenters. The summed E-state index contributed by atoms with van der Waals surface area (Å²) in [6.45, 7) is 12.5. The van der Waals surface area contributed by atoms with Crippen molar-refractivity contribution in [1.82, 2.24) is 0 Å². The third-order valence-electron chi connectivity index (χ3n) is 8.35. The smallest absolute Gasteiger partial charge is 0.305 e. The number of benzene rings is 2. The number of rotatable bonds is 18. The summed E-state index contributed by atoms with van der Waals surface area (Å²) in [4.78, 5) is 12.7. The molecule has 0 aromatic heterocycles. The molecular weight excluding hydrogens is 484 g/mol. The van der Waals surface area contributed by atoms with Gasteiger partial charge in [-0.25, -0.2) is 0 Å². The summed E-state index contributed by atoms with van der Waals surface area (Å²) in [5.74, 6) is 0.450. The lowest BCUT2D eigenvalue weighted by Crippen LogP contribution is -2.26. The number of aryl methyl sites for hydroxylation is 4. The van der Waals surface area contributed by atoms with E-state index in [1.165, 1.54) is 64.2 Å². The van der Waals surface area contributed by atoms with Gasteiger partial charge in [-0.3, -0.25) is 4.79 Å². The van der Waals surface area contributed by atoms with Crippen LogP contribution in [0.2, 0.25) is 0 Å². The average Bonchev–Trinajstić information content (AvgIpc) is 2.90. The number of carbonyl (C=O) groups is 1. The van der Waals surface area contributed by atoms with E-state index in [1.807, 2.05) is 52.0 Å². The fraction of sp³-hybridized carbons (Fsp3) is 0.629. The predicted molar refractivity (Wildman–Crippen MR) is 163 cm³/mol. The summed E-state index contributed by atoms with van der Waals surface area (Å²) in [6, 6.07) is 8.05. The molecule has 0 amide bonds. The van der Waals surface area contributed by atoms with Crippen molar-refractivity contribution in [3.8, 4) is 11.5 Å². The third kappa shape index (κ3) is 10.2. The first-order valence-corrected chi connectivity index (χ1v) is 15.4. The van der Waals surface area contributed by atoms with E-state index in [0.29, 0.717) is 30.9 Å². The van der Waals surface area contributed by atoms with E-state index < -0.39 is 5.41 Å². The summed E-state index contributed by atoms with van der Waals surface area (Å²) >= 11 is 0. The van der Waals surface area contributed by atoms with Crippen LogP contribution in [0.1, 0.15) is 137 Å². The highest BCUT2D eigenvalue weighted by atomic mass is 16.5. The molecule has 2 N–H and O–H groups in total. The van der Waals surface area contributed by atoms with Crippen LogP contribution in [0.4, 0.5) is 0 Å². The standard InChI is InChI=1S/C35H54O4/c1-7-8-9-10-11-12-13-14-15-16-17-18-21-39-32(36)19-20-35(6,30-22-26(2)33(37)27(3)23-30)31-24-28(4)34(38)29(5)25-31/h22-25,37-38H,7-21H2,1-6H3. The van der Waals surface area contributed by atoms with Gasteiger partial charge in [0.1, 0.15) is 11.5 Å². The van der Waals surface area contributed by atoms with Gasteiger partial charge in [0, 0.05) is 11.8 Å².